The molecule has 24 heavy (non-hydrogen) atoms. The van der Waals surface area contributed by atoms with Crippen molar-refractivity contribution in [2.45, 2.75) is 45.4 Å². The van der Waals surface area contributed by atoms with Gasteiger partial charge in [0, 0.05) is 11.1 Å². The zero-order valence-corrected chi connectivity index (χ0v) is 14.0. The SMILES string of the molecule is CCCCCCCc1ccc(/C(F)=C(\F)c2ccc(F)cc2)cc1. The quantitative estimate of drug-likeness (QED) is 0.357. The molecule has 2 aromatic rings. The Morgan fingerprint density at radius 1 is 0.708 bits per heavy atom. The van der Waals surface area contributed by atoms with Crippen LogP contribution in [0.1, 0.15) is 55.7 Å². The van der Waals surface area contributed by atoms with E-state index in [1.165, 1.54) is 37.8 Å². The molecule has 0 N–H and O–H groups in total. The molecule has 128 valence electrons. The topological polar surface area (TPSA) is 0 Å². The first-order valence-electron chi connectivity index (χ1n) is 8.52. The lowest BCUT2D eigenvalue weighted by molar-refractivity contribution is 0.627. The Bertz CT molecular complexity index is 654. The molecule has 0 saturated heterocycles. The van der Waals surface area contributed by atoms with E-state index < -0.39 is 17.5 Å². The summed E-state index contributed by atoms with van der Waals surface area (Å²) in [7, 11) is 0. The number of hydrogen-bond acceptors (Lipinski definition) is 0. The van der Waals surface area contributed by atoms with Crippen molar-refractivity contribution >= 4 is 11.7 Å². The molecule has 0 aliphatic carbocycles. The molecular formula is C21H23F3. The summed E-state index contributed by atoms with van der Waals surface area (Å²) >= 11 is 0. The molecule has 0 saturated carbocycles. The van der Waals surface area contributed by atoms with Gasteiger partial charge in [-0.05, 0) is 42.7 Å². The van der Waals surface area contributed by atoms with E-state index in [4.69, 9.17) is 0 Å². The van der Waals surface area contributed by atoms with E-state index in [9.17, 15) is 13.2 Å². The van der Waals surface area contributed by atoms with Crippen molar-refractivity contribution in [3.05, 3.63) is 71.0 Å². The van der Waals surface area contributed by atoms with Crippen LogP contribution < -0.4 is 0 Å². The number of benzene rings is 2. The van der Waals surface area contributed by atoms with Gasteiger partial charge in [0.1, 0.15) is 5.82 Å². The van der Waals surface area contributed by atoms with Gasteiger partial charge in [-0.15, -0.1) is 0 Å². The fourth-order valence-corrected chi connectivity index (χ4v) is 2.60. The highest BCUT2D eigenvalue weighted by Crippen LogP contribution is 2.29. The van der Waals surface area contributed by atoms with Crippen LogP contribution in [0.2, 0.25) is 0 Å². The summed E-state index contributed by atoms with van der Waals surface area (Å²) in [4.78, 5) is 0. The van der Waals surface area contributed by atoms with Crippen molar-refractivity contribution < 1.29 is 13.2 Å². The number of hydrogen-bond donors (Lipinski definition) is 0. The Morgan fingerprint density at radius 2 is 1.21 bits per heavy atom. The number of rotatable bonds is 8. The van der Waals surface area contributed by atoms with Gasteiger partial charge in [0.05, 0.1) is 0 Å². The molecule has 0 radical (unpaired) electrons. The molecule has 0 aliphatic rings. The molecule has 0 aliphatic heterocycles. The fraction of sp³-hybridized carbons (Fsp3) is 0.333. The van der Waals surface area contributed by atoms with Gasteiger partial charge in [0.15, 0.2) is 11.7 Å². The van der Waals surface area contributed by atoms with Gasteiger partial charge in [0.2, 0.25) is 0 Å². The summed E-state index contributed by atoms with van der Waals surface area (Å²) in [5.41, 5.74) is 1.37. The highest BCUT2D eigenvalue weighted by molar-refractivity contribution is 5.83. The first-order valence-corrected chi connectivity index (χ1v) is 8.52. The molecule has 0 bridgehead atoms. The minimum absolute atomic E-state index is 0.0360. The molecular weight excluding hydrogens is 309 g/mol. The zero-order valence-electron chi connectivity index (χ0n) is 14.0. The fourth-order valence-electron chi connectivity index (χ4n) is 2.60. The lowest BCUT2D eigenvalue weighted by atomic mass is 10.0. The summed E-state index contributed by atoms with van der Waals surface area (Å²) < 4.78 is 41.3. The predicted octanol–water partition coefficient (Wildman–Crippen LogP) is 7.10. The molecule has 0 fully saturated rings. The first kappa shape index (κ1) is 18.3. The predicted molar refractivity (Wildman–Crippen MR) is 94.3 cm³/mol. The maximum Gasteiger partial charge on any atom is 0.166 e. The van der Waals surface area contributed by atoms with Crippen molar-refractivity contribution in [1.82, 2.24) is 0 Å². The van der Waals surface area contributed by atoms with Crippen LogP contribution in [0.25, 0.3) is 11.7 Å². The van der Waals surface area contributed by atoms with Gasteiger partial charge in [0.25, 0.3) is 0 Å². The molecule has 2 rings (SSSR count). The van der Waals surface area contributed by atoms with Gasteiger partial charge in [-0.3, -0.25) is 0 Å². The largest absolute Gasteiger partial charge is 0.207 e. The summed E-state index contributed by atoms with van der Waals surface area (Å²) in [6, 6.07) is 11.6. The third-order valence-corrected chi connectivity index (χ3v) is 4.07. The lowest BCUT2D eigenvalue weighted by Crippen LogP contribution is -1.89. The average molecular weight is 332 g/mol. The third-order valence-electron chi connectivity index (χ3n) is 4.07. The maximum atomic E-state index is 14.2. The Kier molecular flexibility index (Phi) is 7.10. The minimum Gasteiger partial charge on any atom is -0.207 e. The van der Waals surface area contributed by atoms with E-state index >= 15 is 0 Å². The summed E-state index contributed by atoms with van der Waals surface area (Å²) in [5, 5.41) is 0. The van der Waals surface area contributed by atoms with Gasteiger partial charge < -0.3 is 0 Å². The number of unbranched alkanes of at least 4 members (excludes halogenated alkanes) is 4. The summed E-state index contributed by atoms with van der Waals surface area (Å²) in [6.07, 6.45) is 6.99. The van der Waals surface area contributed by atoms with E-state index in [0.29, 0.717) is 0 Å². The van der Waals surface area contributed by atoms with Crippen molar-refractivity contribution in [2.75, 3.05) is 0 Å². The average Bonchev–Trinajstić information content (AvgIpc) is 2.61. The Morgan fingerprint density at radius 3 is 1.75 bits per heavy atom. The molecule has 0 amide bonds. The number of aryl methyl sites for hydroxylation is 1. The first-order chi connectivity index (χ1) is 11.6. The molecule has 2 aromatic carbocycles. The van der Waals surface area contributed by atoms with Crippen LogP contribution in [-0.2, 0) is 6.42 Å². The van der Waals surface area contributed by atoms with Crippen molar-refractivity contribution in [3.63, 3.8) is 0 Å². The van der Waals surface area contributed by atoms with E-state index in [0.717, 1.165) is 30.5 Å². The van der Waals surface area contributed by atoms with Crippen LogP contribution in [-0.4, -0.2) is 0 Å². The van der Waals surface area contributed by atoms with Crippen LogP contribution in [0.4, 0.5) is 13.2 Å². The van der Waals surface area contributed by atoms with Crippen LogP contribution in [0.5, 0.6) is 0 Å². The van der Waals surface area contributed by atoms with E-state index in [1.54, 1.807) is 12.1 Å². The molecule has 0 atom stereocenters. The highest BCUT2D eigenvalue weighted by Gasteiger charge is 2.11. The van der Waals surface area contributed by atoms with Gasteiger partial charge in [-0.2, -0.15) is 0 Å². The third kappa shape index (κ3) is 5.26. The molecule has 0 unspecified atom stereocenters. The second kappa shape index (κ2) is 9.31. The normalized spacial score (nSPS) is 12.2. The Hall–Kier alpha value is -2.03. The second-order valence-corrected chi connectivity index (χ2v) is 6.00. The van der Waals surface area contributed by atoms with E-state index in [1.807, 2.05) is 12.1 Å². The van der Waals surface area contributed by atoms with Crippen LogP contribution in [0.3, 0.4) is 0 Å². The van der Waals surface area contributed by atoms with Gasteiger partial charge >= 0.3 is 0 Å². The van der Waals surface area contributed by atoms with E-state index in [2.05, 4.69) is 6.92 Å². The van der Waals surface area contributed by atoms with Crippen molar-refractivity contribution in [3.8, 4) is 0 Å². The standard InChI is InChI=1S/C21H23F3/c1-2-3-4-5-6-7-16-8-10-17(11-9-16)20(23)21(24)18-12-14-19(22)15-13-18/h8-15H,2-7H2,1H3/b21-20+. The van der Waals surface area contributed by atoms with Crippen molar-refractivity contribution in [2.24, 2.45) is 0 Å². The van der Waals surface area contributed by atoms with E-state index in [-0.39, 0.29) is 11.1 Å². The molecule has 0 spiro atoms. The van der Waals surface area contributed by atoms with Crippen LogP contribution in [0.15, 0.2) is 48.5 Å². The minimum atomic E-state index is -0.970. The van der Waals surface area contributed by atoms with Crippen molar-refractivity contribution in [1.29, 1.82) is 0 Å². The maximum absolute atomic E-state index is 14.2. The van der Waals surface area contributed by atoms with Gasteiger partial charge in [-0.25, -0.2) is 13.2 Å². The zero-order chi connectivity index (χ0) is 17.4. The Labute approximate surface area is 142 Å². The lowest BCUT2D eigenvalue weighted by Gasteiger charge is -2.05. The smallest absolute Gasteiger partial charge is 0.166 e. The second-order valence-electron chi connectivity index (χ2n) is 6.00. The molecule has 3 heteroatoms. The monoisotopic (exact) mass is 332 g/mol. The van der Waals surface area contributed by atoms with Gasteiger partial charge in [-0.1, -0.05) is 56.9 Å². The van der Waals surface area contributed by atoms with Crippen LogP contribution in [0, 0.1) is 5.82 Å². The highest BCUT2D eigenvalue weighted by atomic mass is 19.2. The summed E-state index contributed by atoms with van der Waals surface area (Å²) in [5.74, 6) is -2.37. The molecule has 0 heterocycles. The molecule has 0 aromatic heterocycles. The van der Waals surface area contributed by atoms with Crippen LogP contribution >= 0.6 is 0 Å². The summed E-state index contributed by atoms with van der Waals surface area (Å²) in [6.45, 7) is 2.19. The molecule has 0 nitrogen and oxygen atoms in total. The number of halogens is 3. The Balaban J connectivity index is 2.01.